The number of urea groups is 1. The fourth-order valence-corrected chi connectivity index (χ4v) is 4.35. The molecule has 36 heavy (non-hydrogen) atoms. The van der Waals surface area contributed by atoms with Gasteiger partial charge in [-0.2, -0.15) is 0 Å². The van der Waals surface area contributed by atoms with Crippen LogP contribution in [0.15, 0.2) is 70.9 Å². The number of azo groups is 1. The largest absolute Gasteiger partial charge is 0.506 e. The predicted octanol–water partition coefficient (Wildman–Crippen LogP) is 7.11. The Morgan fingerprint density at radius 2 is 1.72 bits per heavy atom. The van der Waals surface area contributed by atoms with Gasteiger partial charge >= 0.3 is 6.03 Å². The third-order valence-corrected chi connectivity index (χ3v) is 6.20. The van der Waals surface area contributed by atoms with Crippen LogP contribution < -0.4 is 10.1 Å². The van der Waals surface area contributed by atoms with E-state index in [0.717, 1.165) is 5.56 Å². The van der Waals surface area contributed by atoms with Crippen LogP contribution in [0.2, 0.25) is 10.0 Å². The van der Waals surface area contributed by atoms with E-state index < -0.39 is 11.9 Å². The van der Waals surface area contributed by atoms with Crippen molar-refractivity contribution in [3.05, 3.63) is 76.3 Å². The molecule has 1 aliphatic carbocycles. The Kier molecular flexibility index (Phi) is 6.09. The highest BCUT2D eigenvalue weighted by Gasteiger charge is 2.26. The highest BCUT2D eigenvalue weighted by molar-refractivity contribution is 6.35. The average molecular weight is 522 g/mol. The number of aromatic hydroxyl groups is 1. The first-order chi connectivity index (χ1) is 17.4. The molecule has 180 valence electrons. The minimum Gasteiger partial charge on any atom is -0.506 e. The van der Waals surface area contributed by atoms with Gasteiger partial charge in [0.15, 0.2) is 0 Å². The van der Waals surface area contributed by atoms with E-state index in [1.54, 1.807) is 25.3 Å². The van der Waals surface area contributed by atoms with Crippen molar-refractivity contribution in [2.24, 2.45) is 10.2 Å². The number of hydrogen-bond donors (Lipinski definition) is 4. The number of carbonyl (C=O) groups excluding carboxylic acids is 2. The third kappa shape index (κ3) is 4.15. The van der Waals surface area contributed by atoms with Crippen molar-refractivity contribution in [2.45, 2.75) is 0 Å². The molecule has 2 aliphatic rings. The first kappa shape index (κ1) is 23.4. The number of H-pyrrole nitrogens is 2. The first-order valence-corrected chi connectivity index (χ1v) is 11.3. The van der Waals surface area contributed by atoms with Gasteiger partial charge < -0.3 is 15.2 Å². The molecule has 0 saturated heterocycles. The van der Waals surface area contributed by atoms with E-state index in [1.165, 1.54) is 18.2 Å². The molecule has 0 saturated carbocycles. The third-order valence-electron chi connectivity index (χ3n) is 5.63. The summed E-state index contributed by atoms with van der Waals surface area (Å²) in [5, 5.41) is 28.3. The molecule has 1 aliphatic heterocycles. The molecular weight excluding hydrogens is 505 g/mol. The van der Waals surface area contributed by atoms with E-state index in [2.05, 4.69) is 25.7 Å². The second-order valence-electron chi connectivity index (χ2n) is 7.74. The number of carbonyl (C=O) groups is 2. The average Bonchev–Trinajstić information content (AvgIpc) is 3.44. The SMILES string of the molecule is COc1ccc(-c2[nH][nH]c3c4cccc(NC(=O)N=NC(=O)c5cc(Cl)ccc5Cl)c4c(O)c2-3)cc1. The van der Waals surface area contributed by atoms with E-state index >= 15 is 0 Å². The summed E-state index contributed by atoms with van der Waals surface area (Å²) in [4.78, 5) is 24.8. The number of nitrogens with one attached hydrogen (secondary N) is 3. The summed E-state index contributed by atoms with van der Waals surface area (Å²) in [6.45, 7) is 0. The number of aromatic nitrogens is 2. The van der Waals surface area contributed by atoms with Gasteiger partial charge in [-0.25, -0.2) is 4.79 Å². The molecule has 5 rings (SSSR count). The number of aromatic amines is 2. The molecule has 0 aromatic heterocycles. The molecule has 4 N–H and O–H groups in total. The number of fused-ring (bicyclic) bond motifs is 3. The first-order valence-electron chi connectivity index (χ1n) is 10.6. The number of methoxy groups -OCH3 is 1. The monoisotopic (exact) mass is 521 g/mol. The molecule has 0 bridgehead atoms. The smallest absolute Gasteiger partial charge is 0.364 e. The standard InChI is InChI=1S/C25H17Cl2N5O4/c1-36-14-8-5-12(6-9-14)21-20-22(30-29-21)15-3-2-4-18(19(15)23(20)33)28-25(35)32-31-24(34)16-11-13(26)7-10-17(16)27/h2-11,29-30,33H,1H3,(H,28,35). The lowest BCUT2D eigenvalue weighted by Crippen LogP contribution is -2.07. The second kappa shape index (κ2) is 9.37. The molecule has 3 aromatic rings. The summed E-state index contributed by atoms with van der Waals surface area (Å²) in [6.07, 6.45) is 0. The highest BCUT2D eigenvalue weighted by atomic mass is 35.5. The van der Waals surface area contributed by atoms with Gasteiger partial charge in [0.2, 0.25) is 0 Å². The summed E-state index contributed by atoms with van der Waals surface area (Å²) in [5.41, 5.74) is 3.04. The van der Waals surface area contributed by atoms with E-state index in [-0.39, 0.29) is 16.3 Å². The van der Waals surface area contributed by atoms with Crippen LogP contribution in [0.1, 0.15) is 10.4 Å². The molecule has 0 unspecified atom stereocenters. The van der Waals surface area contributed by atoms with E-state index in [4.69, 9.17) is 27.9 Å². The van der Waals surface area contributed by atoms with Crippen LogP contribution in [-0.4, -0.2) is 34.4 Å². The molecule has 9 nitrogen and oxygen atoms in total. The van der Waals surface area contributed by atoms with Crippen molar-refractivity contribution in [2.75, 3.05) is 12.4 Å². The Morgan fingerprint density at radius 1 is 0.972 bits per heavy atom. The van der Waals surface area contributed by atoms with Gasteiger partial charge in [-0.3, -0.25) is 15.0 Å². The summed E-state index contributed by atoms with van der Waals surface area (Å²) < 4.78 is 5.21. The van der Waals surface area contributed by atoms with Gasteiger partial charge in [0, 0.05) is 16.0 Å². The van der Waals surface area contributed by atoms with Gasteiger partial charge in [0.1, 0.15) is 11.5 Å². The van der Waals surface area contributed by atoms with Crippen LogP contribution in [0.25, 0.3) is 33.3 Å². The molecule has 0 radical (unpaired) electrons. The summed E-state index contributed by atoms with van der Waals surface area (Å²) in [7, 11) is 1.59. The van der Waals surface area contributed by atoms with Crippen molar-refractivity contribution in [1.29, 1.82) is 0 Å². The molecule has 3 amide bonds. The summed E-state index contributed by atoms with van der Waals surface area (Å²) in [5.74, 6) is -0.143. The Balaban J connectivity index is 1.46. The number of hydrogen-bond acceptors (Lipinski definition) is 4. The minimum absolute atomic E-state index is 0.0214. The molecule has 0 fully saturated rings. The normalized spacial score (nSPS) is 11.4. The predicted molar refractivity (Wildman–Crippen MR) is 138 cm³/mol. The zero-order chi connectivity index (χ0) is 25.4. The second-order valence-corrected chi connectivity index (χ2v) is 8.58. The Bertz CT molecular complexity index is 1620. The number of rotatable bonds is 4. The Morgan fingerprint density at radius 3 is 2.47 bits per heavy atom. The van der Waals surface area contributed by atoms with Crippen molar-refractivity contribution >= 4 is 51.6 Å². The molecule has 1 heterocycles. The molecule has 0 spiro atoms. The Hall–Kier alpha value is -4.34. The lowest BCUT2D eigenvalue weighted by Gasteiger charge is -2.05. The fraction of sp³-hybridized carbons (Fsp3) is 0.0400. The molecule has 11 heteroatoms. The van der Waals surface area contributed by atoms with Crippen LogP contribution in [0.3, 0.4) is 0 Å². The van der Waals surface area contributed by atoms with Crippen LogP contribution in [0.4, 0.5) is 10.5 Å². The number of halogens is 2. The molecule has 0 atom stereocenters. The number of benzene rings is 3. The molecular formula is C25H17Cl2N5O4. The topological polar surface area (TPSA) is 132 Å². The van der Waals surface area contributed by atoms with Crippen LogP contribution in [0, 0.1) is 0 Å². The Labute approximate surface area is 214 Å². The number of anilines is 1. The van der Waals surface area contributed by atoms with Crippen molar-refractivity contribution in [3.8, 4) is 34.0 Å². The maximum atomic E-state index is 12.5. The van der Waals surface area contributed by atoms with E-state index in [1.807, 2.05) is 24.3 Å². The maximum absolute atomic E-state index is 12.5. The lowest BCUT2D eigenvalue weighted by molar-refractivity contribution is 0.0994. The summed E-state index contributed by atoms with van der Waals surface area (Å²) in [6, 6.07) is 15.9. The van der Waals surface area contributed by atoms with Crippen molar-refractivity contribution in [1.82, 2.24) is 10.2 Å². The van der Waals surface area contributed by atoms with Crippen molar-refractivity contribution in [3.63, 3.8) is 0 Å². The number of ether oxygens (including phenoxy) is 1. The molecule has 3 aromatic carbocycles. The quantitative estimate of drug-likeness (QED) is 0.187. The number of amides is 3. The zero-order valence-corrected chi connectivity index (χ0v) is 20.1. The lowest BCUT2D eigenvalue weighted by atomic mass is 10.1. The van der Waals surface area contributed by atoms with E-state index in [9.17, 15) is 14.7 Å². The van der Waals surface area contributed by atoms with Gasteiger partial charge in [-0.1, -0.05) is 40.4 Å². The van der Waals surface area contributed by atoms with Gasteiger partial charge in [0.05, 0.1) is 45.7 Å². The van der Waals surface area contributed by atoms with E-state index in [0.29, 0.717) is 44.2 Å². The maximum Gasteiger partial charge on any atom is 0.364 e. The highest BCUT2D eigenvalue weighted by Crippen LogP contribution is 2.50. The summed E-state index contributed by atoms with van der Waals surface area (Å²) >= 11 is 11.9. The van der Waals surface area contributed by atoms with Crippen LogP contribution in [-0.2, 0) is 0 Å². The number of nitrogens with zero attached hydrogens (tertiary/aromatic N) is 2. The van der Waals surface area contributed by atoms with Gasteiger partial charge in [0.25, 0.3) is 5.91 Å². The van der Waals surface area contributed by atoms with Crippen LogP contribution >= 0.6 is 23.2 Å². The van der Waals surface area contributed by atoms with Gasteiger partial charge in [-0.05, 0) is 48.5 Å². The minimum atomic E-state index is -0.903. The fourth-order valence-electron chi connectivity index (χ4n) is 3.98. The van der Waals surface area contributed by atoms with Crippen LogP contribution in [0.5, 0.6) is 11.5 Å². The van der Waals surface area contributed by atoms with Gasteiger partial charge in [-0.15, -0.1) is 5.11 Å². The zero-order valence-electron chi connectivity index (χ0n) is 18.6. The van der Waals surface area contributed by atoms with Crippen molar-refractivity contribution < 1.29 is 19.4 Å².